The van der Waals surface area contributed by atoms with Gasteiger partial charge in [0, 0.05) is 12.7 Å². The van der Waals surface area contributed by atoms with E-state index in [1.54, 1.807) is 37.9 Å². The molecule has 2 rings (SSSR count). The van der Waals surface area contributed by atoms with Crippen LogP contribution in [0, 0.1) is 6.92 Å². The molecule has 6 nitrogen and oxygen atoms in total. The molecule has 1 aliphatic carbocycles. The second kappa shape index (κ2) is 7.64. The second-order valence-corrected chi connectivity index (χ2v) is 6.52. The highest BCUT2D eigenvalue weighted by Gasteiger charge is 2.41. The van der Waals surface area contributed by atoms with Gasteiger partial charge in [-0.25, -0.2) is 0 Å². The van der Waals surface area contributed by atoms with Crippen molar-refractivity contribution in [2.75, 3.05) is 13.7 Å². The number of nitrogens with one attached hydrogen (secondary N) is 1. The Labute approximate surface area is 142 Å². The number of hydrogen-bond acceptors (Lipinski definition) is 4. The highest BCUT2D eigenvalue weighted by Crippen LogP contribution is 2.36. The minimum atomic E-state index is -0.571. The van der Waals surface area contributed by atoms with Crippen LogP contribution < -0.4 is 5.56 Å². The highest BCUT2D eigenvalue weighted by molar-refractivity contribution is 5.94. The Morgan fingerprint density at radius 2 is 1.92 bits per heavy atom. The SMILES string of the molecule is CCOC(=O)CC1(N(C)C(=O)c2ccc(C)[nH]c2=O)CCCCC1. The molecule has 0 aromatic carbocycles. The summed E-state index contributed by atoms with van der Waals surface area (Å²) in [6, 6.07) is 3.26. The van der Waals surface area contributed by atoms with E-state index in [9.17, 15) is 14.4 Å². The summed E-state index contributed by atoms with van der Waals surface area (Å²) in [5.41, 5.74) is -0.150. The number of nitrogens with zero attached hydrogens (tertiary/aromatic N) is 1. The normalized spacial score (nSPS) is 16.5. The Hall–Kier alpha value is -2.11. The van der Waals surface area contributed by atoms with Gasteiger partial charge in [-0.1, -0.05) is 19.3 Å². The first-order chi connectivity index (χ1) is 11.4. The van der Waals surface area contributed by atoms with Crippen LogP contribution in [-0.2, 0) is 9.53 Å². The number of carbonyl (C=O) groups is 2. The number of rotatable bonds is 5. The molecule has 24 heavy (non-hydrogen) atoms. The summed E-state index contributed by atoms with van der Waals surface area (Å²) >= 11 is 0. The van der Waals surface area contributed by atoms with Crippen molar-refractivity contribution >= 4 is 11.9 Å². The van der Waals surface area contributed by atoms with Crippen LogP contribution in [0.5, 0.6) is 0 Å². The minimum absolute atomic E-state index is 0.108. The Bertz CT molecular complexity index is 659. The number of esters is 1. The summed E-state index contributed by atoms with van der Waals surface area (Å²) in [4.78, 5) is 41.3. The minimum Gasteiger partial charge on any atom is -0.466 e. The zero-order chi connectivity index (χ0) is 17.7. The molecule has 1 heterocycles. The number of hydrogen-bond donors (Lipinski definition) is 1. The van der Waals surface area contributed by atoms with Crippen molar-refractivity contribution in [3.63, 3.8) is 0 Å². The largest absolute Gasteiger partial charge is 0.466 e. The number of carbonyl (C=O) groups excluding carboxylic acids is 2. The van der Waals surface area contributed by atoms with Gasteiger partial charge in [-0.2, -0.15) is 0 Å². The standard InChI is InChI=1S/C18H26N2O4/c1-4-24-15(21)12-18(10-6-5-7-11-18)20(3)17(23)14-9-8-13(2)19-16(14)22/h8-9H,4-7,10-12H2,1-3H3,(H,19,22). The summed E-state index contributed by atoms with van der Waals surface area (Å²) in [6.45, 7) is 3.86. The monoisotopic (exact) mass is 334 g/mol. The molecule has 1 aromatic rings. The predicted molar refractivity (Wildman–Crippen MR) is 91.0 cm³/mol. The lowest BCUT2D eigenvalue weighted by atomic mass is 9.78. The molecular formula is C18H26N2O4. The number of H-pyrrole nitrogens is 1. The number of ether oxygens (including phenoxy) is 1. The van der Waals surface area contributed by atoms with Gasteiger partial charge in [0.05, 0.1) is 18.6 Å². The van der Waals surface area contributed by atoms with Crippen LogP contribution >= 0.6 is 0 Å². The van der Waals surface area contributed by atoms with Gasteiger partial charge >= 0.3 is 5.97 Å². The van der Waals surface area contributed by atoms with E-state index >= 15 is 0 Å². The number of amides is 1. The molecule has 1 aromatic heterocycles. The smallest absolute Gasteiger partial charge is 0.308 e. The van der Waals surface area contributed by atoms with E-state index in [-0.39, 0.29) is 23.9 Å². The number of aromatic amines is 1. The summed E-state index contributed by atoms with van der Waals surface area (Å²) in [7, 11) is 1.69. The van der Waals surface area contributed by atoms with E-state index in [1.807, 2.05) is 0 Å². The fourth-order valence-electron chi connectivity index (χ4n) is 3.46. The van der Waals surface area contributed by atoms with Gasteiger partial charge in [0.25, 0.3) is 11.5 Å². The first-order valence-corrected chi connectivity index (χ1v) is 8.53. The summed E-state index contributed by atoms with van der Waals surface area (Å²) < 4.78 is 5.10. The second-order valence-electron chi connectivity index (χ2n) is 6.52. The molecule has 6 heteroatoms. The van der Waals surface area contributed by atoms with E-state index in [2.05, 4.69) is 4.98 Å². The van der Waals surface area contributed by atoms with Gasteiger partial charge in [-0.15, -0.1) is 0 Å². The Morgan fingerprint density at radius 3 is 2.50 bits per heavy atom. The fraction of sp³-hybridized carbons (Fsp3) is 0.611. The lowest BCUT2D eigenvalue weighted by molar-refractivity contribution is -0.146. The maximum atomic E-state index is 12.9. The van der Waals surface area contributed by atoms with Crippen molar-refractivity contribution in [2.24, 2.45) is 0 Å². The van der Waals surface area contributed by atoms with Gasteiger partial charge in [0.15, 0.2) is 0 Å². The van der Waals surface area contributed by atoms with Gasteiger partial charge < -0.3 is 14.6 Å². The molecule has 1 fully saturated rings. The van der Waals surface area contributed by atoms with Crippen molar-refractivity contribution in [2.45, 2.75) is 57.9 Å². The Morgan fingerprint density at radius 1 is 1.25 bits per heavy atom. The average Bonchev–Trinajstić information content (AvgIpc) is 2.54. The maximum absolute atomic E-state index is 12.9. The Balaban J connectivity index is 2.29. The lowest BCUT2D eigenvalue weighted by Gasteiger charge is -2.44. The lowest BCUT2D eigenvalue weighted by Crippen LogP contribution is -2.53. The van der Waals surface area contributed by atoms with Gasteiger partial charge in [0.2, 0.25) is 0 Å². The molecule has 0 aliphatic heterocycles. The predicted octanol–water partition coefficient (Wildman–Crippen LogP) is 2.41. The van der Waals surface area contributed by atoms with E-state index in [1.165, 1.54) is 0 Å². The van der Waals surface area contributed by atoms with Crippen LogP contribution in [0.1, 0.15) is 61.5 Å². The van der Waals surface area contributed by atoms with Crippen LogP contribution in [-0.4, -0.2) is 41.0 Å². The molecule has 0 radical (unpaired) electrons. The fourth-order valence-corrected chi connectivity index (χ4v) is 3.46. The topological polar surface area (TPSA) is 79.5 Å². The molecule has 0 spiro atoms. The first-order valence-electron chi connectivity index (χ1n) is 8.53. The van der Waals surface area contributed by atoms with Crippen LogP contribution in [0.25, 0.3) is 0 Å². The molecule has 1 amide bonds. The maximum Gasteiger partial charge on any atom is 0.308 e. The van der Waals surface area contributed by atoms with Gasteiger partial charge in [0.1, 0.15) is 5.56 Å². The highest BCUT2D eigenvalue weighted by atomic mass is 16.5. The molecule has 0 unspecified atom stereocenters. The van der Waals surface area contributed by atoms with Crippen molar-refractivity contribution < 1.29 is 14.3 Å². The summed E-state index contributed by atoms with van der Waals surface area (Å²) in [5.74, 6) is -0.640. The molecule has 0 bridgehead atoms. The molecule has 0 atom stereocenters. The third-order valence-electron chi connectivity index (χ3n) is 4.86. The number of aryl methyl sites for hydroxylation is 1. The molecule has 0 saturated heterocycles. The van der Waals surface area contributed by atoms with Crippen LogP contribution in [0.15, 0.2) is 16.9 Å². The zero-order valence-corrected chi connectivity index (χ0v) is 14.7. The van der Waals surface area contributed by atoms with Crippen molar-refractivity contribution in [1.82, 2.24) is 9.88 Å². The molecule has 132 valence electrons. The summed E-state index contributed by atoms with van der Waals surface area (Å²) in [5, 5.41) is 0. The molecule has 1 saturated carbocycles. The average molecular weight is 334 g/mol. The van der Waals surface area contributed by atoms with Gasteiger partial charge in [-0.3, -0.25) is 14.4 Å². The van der Waals surface area contributed by atoms with Crippen molar-refractivity contribution in [1.29, 1.82) is 0 Å². The third kappa shape index (κ3) is 3.86. The quantitative estimate of drug-likeness (QED) is 0.839. The molecular weight excluding hydrogens is 308 g/mol. The third-order valence-corrected chi connectivity index (χ3v) is 4.86. The molecule has 1 N–H and O–H groups in total. The van der Waals surface area contributed by atoms with E-state index in [0.29, 0.717) is 12.3 Å². The number of pyridine rings is 1. The first kappa shape index (κ1) is 18.2. The zero-order valence-electron chi connectivity index (χ0n) is 14.7. The van der Waals surface area contributed by atoms with Crippen LogP contribution in [0.2, 0.25) is 0 Å². The van der Waals surface area contributed by atoms with E-state index in [0.717, 1.165) is 32.1 Å². The summed E-state index contributed by atoms with van der Waals surface area (Å²) in [6.07, 6.45) is 4.68. The van der Waals surface area contributed by atoms with E-state index in [4.69, 9.17) is 4.74 Å². The Kier molecular flexibility index (Phi) is 5.80. The van der Waals surface area contributed by atoms with E-state index < -0.39 is 11.1 Å². The van der Waals surface area contributed by atoms with Crippen LogP contribution in [0.3, 0.4) is 0 Å². The van der Waals surface area contributed by atoms with Gasteiger partial charge in [-0.05, 0) is 38.8 Å². The number of aromatic nitrogens is 1. The van der Waals surface area contributed by atoms with Crippen LogP contribution in [0.4, 0.5) is 0 Å². The van der Waals surface area contributed by atoms with Crippen molar-refractivity contribution in [3.8, 4) is 0 Å². The molecule has 1 aliphatic rings. The van der Waals surface area contributed by atoms with Crippen molar-refractivity contribution in [3.05, 3.63) is 33.7 Å².